The van der Waals surface area contributed by atoms with Gasteiger partial charge in [-0.3, -0.25) is 4.90 Å². The van der Waals surface area contributed by atoms with Crippen LogP contribution in [0.25, 0.3) is 0 Å². The maximum absolute atomic E-state index is 12.3. The highest BCUT2D eigenvalue weighted by Gasteiger charge is 2.35. The third-order valence-corrected chi connectivity index (χ3v) is 3.83. The van der Waals surface area contributed by atoms with Crippen molar-refractivity contribution in [1.82, 2.24) is 4.90 Å². The zero-order valence-electron chi connectivity index (χ0n) is 14.7. The van der Waals surface area contributed by atoms with Crippen LogP contribution in [0.1, 0.15) is 47.5 Å². The average molecular weight is 317 g/mol. The Bertz CT molecular complexity index is 364. The van der Waals surface area contributed by atoms with Crippen LogP contribution in [0.4, 0.5) is 4.79 Å². The van der Waals surface area contributed by atoms with Crippen molar-refractivity contribution in [1.29, 1.82) is 0 Å². The van der Waals surface area contributed by atoms with Gasteiger partial charge in [-0.2, -0.15) is 0 Å². The molecule has 1 rings (SSSR count). The highest BCUT2D eigenvalue weighted by Crippen LogP contribution is 2.22. The molecule has 1 fully saturated rings. The first-order valence-electron chi connectivity index (χ1n) is 7.86. The van der Waals surface area contributed by atoms with Gasteiger partial charge in [0.1, 0.15) is 5.60 Å². The smallest absolute Gasteiger partial charge is 0.410 e. The van der Waals surface area contributed by atoms with Gasteiger partial charge in [0, 0.05) is 13.7 Å². The largest absolute Gasteiger partial charge is 0.444 e. The third kappa shape index (κ3) is 6.10. The Morgan fingerprint density at radius 1 is 1.36 bits per heavy atom. The van der Waals surface area contributed by atoms with E-state index in [9.17, 15) is 9.90 Å². The number of carbonyl (C=O) groups is 1. The molecule has 2 unspecified atom stereocenters. The molecule has 0 aromatic heterocycles. The Morgan fingerprint density at radius 3 is 2.55 bits per heavy atom. The summed E-state index contributed by atoms with van der Waals surface area (Å²) in [5.41, 5.74) is -0.851. The van der Waals surface area contributed by atoms with Gasteiger partial charge >= 0.3 is 6.09 Å². The number of amides is 1. The maximum Gasteiger partial charge on any atom is 0.410 e. The molecule has 1 aliphatic heterocycles. The molecule has 6 nitrogen and oxygen atoms in total. The van der Waals surface area contributed by atoms with Crippen LogP contribution in [0.3, 0.4) is 0 Å². The minimum atomic E-state index is -0.665. The van der Waals surface area contributed by atoms with E-state index in [0.717, 1.165) is 0 Å². The van der Waals surface area contributed by atoms with Gasteiger partial charge < -0.3 is 19.3 Å². The Kier molecular flexibility index (Phi) is 6.65. The molecule has 1 aliphatic rings. The molecular weight excluding hydrogens is 286 g/mol. The molecule has 0 bridgehead atoms. The van der Waals surface area contributed by atoms with Gasteiger partial charge in [-0.15, -0.1) is 0 Å². The molecule has 0 spiro atoms. The predicted molar refractivity (Wildman–Crippen MR) is 83.9 cm³/mol. The van der Waals surface area contributed by atoms with Crippen LogP contribution >= 0.6 is 0 Å². The lowest BCUT2D eigenvalue weighted by Gasteiger charge is -2.39. The monoisotopic (exact) mass is 317 g/mol. The summed E-state index contributed by atoms with van der Waals surface area (Å²) in [6.07, 6.45) is 0.172. The molecule has 0 aliphatic carbocycles. The number of aliphatic hydroxyl groups is 1. The van der Waals surface area contributed by atoms with Gasteiger partial charge in [-0.1, -0.05) is 0 Å². The highest BCUT2D eigenvalue weighted by molar-refractivity contribution is 5.68. The first-order chi connectivity index (χ1) is 10.1. The molecule has 1 heterocycles. The number of hydrogen-bond acceptors (Lipinski definition) is 5. The topological polar surface area (TPSA) is 68.2 Å². The van der Waals surface area contributed by atoms with Gasteiger partial charge in [0.2, 0.25) is 0 Å². The minimum Gasteiger partial charge on any atom is -0.444 e. The normalized spacial score (nSPS) is 21.6. The third-order valence-electron chi connectivity index (χ3n) is 3.83. The van der Waals surface area contributed by atoms with Crippen LogP contribution in [0.15, 0.2) is 0 Å². The van der Waals surface area contributed by atoms with E-state index in [-0.39, 0.29) is 11.6 Å². The molecule has 0 saturated carbocycles. The molecule has 6 heteroatoms. The minimum absolute atomic E-state index is 0.298. The van der Waals surface area contributed by atoms with Crippen molar-refractivity contribution >= 4 is 6.09 Å². The summed E-state index contributed by atoms with van der Waals surface area (Å²) in [4.78, 5) is 13.9. The Hall–Kier alpha value is -0.850. The van der Waals surface area contributed by atoms with Crippen molar-refractivity contribution < 1.29 is 24.1 Å². The zero-order valence-corrected chi connectivity index (χ0v) is 14.7. The number of aliphatic hydroxyl groups excluding tert-OH is 1. The SMILES string of the molecule is COC(C)(C)CCC(O)C1COCCN1C(=O)OC(C)(C)C. The number of hydrogen-bond donors (Lipinski definition) is 1. The van der Waals surface area contributed by atoms with E-state index in [2.05, 4.69) is 0 Å². The standard InChI is InChI=1S/C16H31NO5/c1-15(2,3)22-14(19)17-9-10-21-11-12(17)13(18)7-8-16(4,5)20-6/h12-13,18H,7-11H2,1-6H3. The molecule has 0 radical (unpaired) electrons. The quantitative estimate of drug-likeness (QED) is 0.842. The lowest BCUT2D eigenvalue weighted by atomic mass is 9.96. The van der Waals surface area contributed by atoms with Crippen molar-refractivity contribution in [3.8, 4) is 0 Å². The van der Waals surface area contributed by atoms with Gasteiger partial charge in [0.15, 0.2) is 0 Å². The second-order valence-electron chi connectivity index (χ2n) is 7.39. The summed E-state index contributed by atoms with van der Waals surface area (Å²) in [5.74, 6) is 0. The molecule has 1 N–H and O–H groups in total. The molecule has 22 heavy (non-hydrogen) atoms. The van der Waals surface area contributed by atoms with Crippen LogP contribution in [-0.4, -0.2) is 66.3 Å². The van der Waals surface area contributed by atoms with Crippen molar-refractivity contribution in [2.45, 2.75) is 70.8 Å². The van der Waals surface area contributed by atoms with Crippen molar-refractivity contribution in [3.63, 3.8) is 0 Å². The summed E-state index contributed by atoms with van der Waals surface area (Å²) in [7, 11) is 1.66. The van der Waals surface area contributed by atoms with Crippen molar-refractivity contribution in [2.24, 2.45) is 0 Å². The van der Waals surface area contributed by atoms with E-state index in [1.807, 2.05) is 34.6 Å². The molecule has 1 saturated heterocycles. The zero-order chi connectivity index (χ0) is 17.0. The molecular formula is C16H31NO5. The molecule has 130 valence electrons. The number of rotatable bonds is 5. The summed E-state index contributed by atoms with van der Waals surface area (Å²) >= 11 is 0. The van der Waals surface area contributed by atoms with E-state index >= 15 is 0 Å². The van der Waals surface area contributed by atoms with Gasteiger partial charge in [0.05, 0.1) is 31.0 Å². The van der Waals surface area contributed by atoms with Gasteiger partial charge in [-0.25, -0.2) is 4.79 Å². The summed E-state index contributed by atoms with van der Waals surface area (Å²) in [6.45, 7) is 10.7. The van der Waals surface area contributed by atoms with Gasteiger partial charge in [-0.05, 0) is 47.5 Å². The second kappa shape index (κ2) is 7.62. The van der Waals surface area contributed by atoms with E-state index in [1.54, 1.807) is 12.0 Å². The number of nitrogens with zero attached hydrogens (tertiary/aromatic N) is 1. The van der Waals surface area contributed by atoms with Crippen LogP contribution < -0.4 is 0 Å². The Labute approximate surface area is 133 Å². The number of morpholine rings is 1. The lowest BCUT2D eigenvalue weighted by Crippen LogP contribution is -2.55. The van der Waals surface area contributed by atoms with Crippen molar-refractivity contribution in [3.05, 3.63) is 0 Å². The van der Waals surface area contributed by atoms with E-state index < -0.39 is 17.8 Å². The molecule has 0 aromatic rings. The maximum atomic E-state index is 12.3. The molecule has 1 amide bonds. The Balaban J connectivity index is 2.66. The van der Waals surface area contributed by atoms with E-state index in [0.29, 0.717) is 32.6 Å². The Morgan fingerprint density at radius 2 is 2.00 bits per heavy atom. The fraction of sp³-hybridized carbons (Fsp3) is 0.938. The fourth-order valence-corrected chi connectivity index (χ4v) is 2.28. The van der Waals surface area contributed by atoms with E-state index in [1.165, 1.54) is 0 Å². The molecule has 0 aromatic carbocycles. The first kappa shape index (κ1) is 19.2. The summed E-state index contributed by atoms with van der Waals surface area (Å²) < 4.78 is 16.2. The fourth-order valence-electron chi connectivity index (χ4n) is 2.28. The van der Waals surface area contributed by atoms with Crippen molar-refractivity contribution in [2.75, 3.05) is 26.9 Å². The average Bonchev–Trinajstić information content (AvgIpc) is 2.43. The van der Waals surface area contributed by atoms with Gasteiger partial charge in [0.25, 0.3) is 0 Å². The van der Waals surface area contributed by atoms with Crippen LogP contribution in [0.2, 0.25) is 0 Å². The first-order valence-corrected chi connectivity index (χ1v) is 7.86. The number of ether oxygens (including phenoxy) is 3. The summed E-state index contributed by atoms with van der Waals surface area (Å²) in [5, 5.41) is 10.5. The second-order valence-corrected chi connectivity index (χ2v) is 7.39. The number of methoxy groups -OCH3 is 1. The lowest BCUT2D eigenvalue weighted by molar-refractivity contribution is -0.0736. The highest BCUT2D eigenvalue weighted by atomic mass is 16.6. The van der Waals surface area contributed by atoms with Crippen LogP contribution in [-0.2, 0) is 14.2 Å². The number of carbonyl (C=O) groups excluding carboxylic acids is 1. The van der Waals surface area contributed by atoms with Crippen LogP contribution in [0, 0.1) is 0 Å². The van der Waals surface area contributed by atoms with E-state index in [4.69, 9.17) is 14.2 Å². The van der Waals surface area contributed by atoms with Crippen LogP contribution in [0.5, 0.6) is 0 Å². The molecule has 2 atom stereocenters. The summed E-state index contributed by atoms with van der Waals surface area (Å²) in [6, 6.07) is -0.378. The predicted octanol–water partition coefficient (Wildman–Crippen LogP) is 2.19.